The van der Waals surface area contributed by atoms with Crippen LogP contribution >= 0.6 is 0 Å². The quantitative estimate of drug-likeness (QED) is 0.595. The summed E-state index contributed by atoms with van der Waals surface area (Å²) < 4.78 is 27.8. The van der Waals surface area contributed by atoms with Crippen LogP contribution in [-0.2, 0) is 14.6 Å². The average Bonchev–Trinajstić information content (AvgIpc) is 2.24. The Bertz CT molecular complexity index is 252. The standard InChI is InChI=1S/C11H25NO3S/c1-3-8-15-9-7-11(12)6-5-10-16(13,14)4-2/h11H,3-10,12H2,1-2H3. The van der Waals surface area contributed by atoms with Crippen LogP contribution in [0.3, 0.4) is 0 Å². The van der Waals surface area contributed by atoms with Gasteiger partial charge >= 0.3 is 0 Å². The molecule has 5 heteroatoms. The monoisotopic (exact) mass is 251 g/mol. The van der Waals surface area contributed by atoms with Gasteiger partial charge < -0.3 is 10.5 Å². The summed E-state index contributed by atoms with van der Waals surface area (Å²) in [5.74, 6) is 0.481. The number of ether oxygens (including phenoxy) is 1. The summed E-state index contributed by atoms with van der Waals surface area (Å²) in [6.45, 7) is 5.19. The molecular weight excluding hydrogens is 226 g/mol. The largest absolute Gasteiger partial charge is 0.381 e. The van der Waals surface area contributed by atoms with Gasteiger partial charge in [0.25, 0.3) is 0 Å². The van der Waals surface area contributed by atoms with Crippen molar-refractivity contribution in [1.29, 1.82) is 0 Å². The second kappa shape index (κ2) is 8.96. The van der Waals surface area contributed by atoms with E-state index in [9.17, 15) is 8.42 Å². The molecule has 1 atom stereocenters. The molecule has 0 aliphatic rings. The van der Waals surface area contributed by atoms with Gasteiger partial charge in [0, 0.05) is 25.0 Å². The zero-order valence-electron chi connectivity index (χ0n) is 10.4. The van der Waals surface area contributed by atoms with Crippen LogP contribution in [0.5, 0.6) is 0 Å². The lowest BCUT2D eigenvalue weighted by Crippen LogP contribution is -2.23. The molecule has 0 aromatic heterocycles. The Morgan fingerprint density at radius 2 is 1.88 bits per heavy atom. The van der Waals surface area contributed by atoms with Crippen molar-refractivity contribution in [2.75, 3.05) is 24.7 Å². The molecule has 0 saturated heterocycles. The number of nitrogens with two attached hydrogens (primary N) is 1. The minimum atomic E-state index is -2.83. The highest BCUT2D eigenvalue weighted by Gasteiger charge is 2.09. The molecule has 2 N–H and O–H groups in total. The molecule has 0 fully saturated rings. The second-order valence-electron chi connectivity index (χ2n) is 4.04. The van der Waals surface area contributed by atoms with Gasteiger partial charge in [-0.3, -0.25) is 0 Å². The topological polar surface area (TPSA) is 69.4 Å². The summed E-state index contributed by atoms with van der Waals surface area (Å²) in [5.41, 5.74) is 5.85. The van der Waals surface area contributed by atoms with E-state index in [4.69, 9.17) is 10.5 Å². The fraction of sp³-hybridized carbons (Fsp3) is 1.00. The SMILES string of the molecule is CCCOCCC(N)CCCS(=O)(=O)CC. The Balaban J connectivity index is 3.47. The van der Waals surface area contributed by atoms with Crippen LogP contribution in [0, 0.1) is 0 Å². The second-order valence-corrected chi connectivity index (χ2v) is 6.51. The van der Waals surface area contributed by atoms with E-state index in [1.807, 2.05) is 0 Å². The zero-order chi connectivity index (χ0) is 12.4. The molecule has 0 bridgehead atoms. The molecular formula is C11H25NO3S. The van der Waals surface area contributed by atoms with Gasteiger partial charge in [-0.05, 0) is 25.7 Å². The molecule has 0 amide bonds. The Morgan fingerprint density at radius 3 is 2.44 bits per heavy atom. The zero-order valence-corrected chi connectivity index (χ0v) is 11.3. The van der Waals surface area contributed by atoms with Crippen molar-refractivity contribution in [2.24, 2.45) is 5.73 Å². The Kier molecular flexibility index (Phi) is 8.89. The first-order valence-corrected chi connectivity index (χ1v) is 7.87. The van der Waals surface area contributed by atoms with E-state index < -0.39 is 9.84 Å². The van der Waals surface area contributed by atoms with Crippen molar-refractivity contribution in [3.63, 3.8) is 0 Å². The van der Waals surface area contributed by atoms with Crippen LogP contribution < -0.4 is 5.73 Å². The van der Waals surface area contributed by atoms with Gasteiger partial charge in [0.05, 0.1) is 5.75 Å². The summed E-state index contributed by atoms with van der Waals surface area (Å²) in [7, 11) is -2.83. The first-order chi connectivity index (χ1) is 7.52. The summed E-state index contributed by atoms with van der Waals surface area (Å²) in [5, 5.41) is 0. The van der Waals surface area contributed by atoms with Crippen LogP contribution in [0.4, 0.5) is 0 Å². The van der Waals surface area contributed by atoms with Gasteiger partial charge in [0.2, 0.25) is 0 Å². The molecule has 0 aromatic carbocycles. The van der Waals surface area contributed by atoms with Gasteiger partial charge in [-0.1, -0.05) is 13.8 Å². The van der Waals surface area contributed by atoms with Crippen molar-refractivity contribution < 1.29 is 13.2 Å². The molecule has 16 heavy (non-hydrogen) atoms. The third-order valence-corrected chi connectivity index (χ3v) is 4.24. The molecule has 0 saturated carbocycles. The fourth-order valence-corrected chi connectivity index (χ4v) is 2.23. The lowest BCUT2D eigenvalue weighted by Gasteiger charge is -2.11. The number of hydrogen-bond acceptors (Lipinski definition) is 4. The first kappa shape index (κ1) is 15.9. The van der Waals surface area contributed by atoms with E-state index in [1.165, 1.54) is 0 Å². The normalized spacial score (nSPS) is 13.9. The predicted octanol–water partition coefficient (Wildman–Crippen LogP) is 1.35. The Hall–Kier alpha value is -0.130. The summed E-state index contributed by atoms with van der Waals surface area (Å²) in [6.07, 6.45) is 3.25. The molecule has 0 aliphatic carbocycles. The maximum Gasteiger partial charge on any atom is 0.150 e. The molecule has 1 unspecified atom stereocenters. The Morgan fingerprint density at radius 1 is 1.19 bits per heavy atom. The number of hydrogen-bond donors (Lipinski definition) is 1. The van der Waals surface area contributed by atoms with Gasteiger partial charge in [-0.25, -0.2) is 8.42 Å². The molecule has 98 valence electrons. The van der Waals surface area contributed by atoms with Crippen molar-refractivity contribution in [3.05, 3.63) is 0 Å². The average molecular weight is 251 g/mol. The third-order valence-electron chi connectivity index (χ3n) is 2.45. The predicted molar refractivity (Wildman–Crippen MR) is 67.3 cm³/mol. The maximum atomic E-state index is 11.2. The molecule has 4 nitrogen and oxygen atoms in total. The number of rotatable bonds is 10. The van der Waals surface area contributed by atoms with Gasteiger partial charge in [-0.2, -0.15) is 0 Å². The van der Waals surface area contributed by atoms with E-state index in [0.29, 0.717) is 13.0 Å². The minimum absolute atomic E-state index is 0.0592. The van der Waals surface area contributed by atoms with Crippen molar-refractivity contribution in [2.45, 2.75) is 45.6 Å². The van der Waals surface area contributed by atoms with Crippen LogP contribution in [0.15, 0.2) is 0 Å². The summed E-state index contributed by atoms with van der Waals surface area (Å²) >= 11 is 0. The van der Waals surface area contributed by atoms with Gasteiger partial charge in [-0.15, -0.1) is 0 Å². The van der Waals surface area contributed by atoms with Crippen molar-refractivity contribution in [3.8, 4) is 0 Å². The summed E-state index contributed by atoms with van der Waals surface area (Å²) in [4.78, 5) is 0. The van der Waals surface area contributed by atoms with Crippen LogP contribution in [0.1, 0.15) is 39.5 Å². The molecule has 0 aromatic rings. The van der Waals surface area contributed by atoms with E-state index in [1.54, 1.807) is 6.92 Å². The minimum Gasteiger partial charge on any atom is -0.381 e. The highest BCUT2D eigenvalue weighted by molar-refractivity contribution is 7.91. The molecule has 0 aliphatic heterocycles. The molecule has 0 heterocycles. The lowest BCUT2D eigenvalue weighted by molar-refractivity contribution is 0.127. The van der Waals surface area contributed by atoms with Crippen molar-refractivity contribution >= 4 is 9.84 Å². The van der Waals surface area contributed by atoms with Crippen LogP contribution in [-0.4, -0.2) is 39.2 Å². The van der Waals surface area contributed by atoms with E-state index in [-0.39, 0.29) is 17.5 Å². The van der Waals surface area contributed by atoms with Crippen LogP contribution in [0.25, 0.3) is 0 Å². The van der Waals surface area contributed by atoms with E-state index in [2.05, 4.69) is 6.92 Å². The van der Waals surface area contributed by atoms with Gasteiger partial charge in [0.15, 0.2) is 0 Å². The smallest absolute Gasteiger partial charge is 0.150 e. The fourth-order valence-electron chi connectivity index (χ4n) is 1.34. The van der Waals surface area contributed by atoms with E-state index in [0.717, 1.165) is 25.9 Å². The van der Waals surface area contributed by atoms with Gasteiger partial charge in [0.1, 0.15) is 9.84 Å². The van der Waals surface area contributed by atoms with E-state index >= 15 is 0 Å². The molecule has 0 rings (SSSR count). The van der Waals surface area contributed by atoms with Crippen molar-refractivity contribution in [1.82, 2.24) is 0 Å². The highest BCUT2D eigenvalue weighted by atomic mass is 32.2. The third kappa shape index (κ3) is 9.12. The van der Waals surface area contributed by atoms with Crippen LogP contribution in [0.2, 0.25) is 0 Å². The lowest BCUT2D eigenvalue weighted by atomic mass is 10.1. The molecule has 0 spiro atoms. The maximum absolute atomic E-state index is 11.2. The molecule has 0 radical (unpaired) electrons. The number of sulfone groups is 1. The highest BCUT2D eigenvalue weighted by Crippen LogP contribution is 2.03. The summed E-state index contributed by atoms with van der Waals surface area (Å²) in [6, 6.07) is 0.0592. The Labute approximate surface area is 99.5 Å². The first-order valence-electron chi connectivity index (χ1n) is 6.05.